The summed E-state index contributed by atoms with van der Waals surface area (Å²) in [6.07, 6.45) is 3.43. The third kappa shape index (κ3) is 2.74. The van der Waals surface area contributed by atoms with Crippen molar-refractivity contribution in [2.75, 3.05) is 18.7 Å². The van der Waals surface area contributed by atoms with Crippen molar-refractivity contribution in [3.63, 3.8) is 0 Å². The Hall–Kier alpha value is -3.71. The van der Waals surface area contributed by atoms with E-state index in [1.165, 1.54) is 0 Å². The van der Waals surface area contributed by atoms with Gasteiger partial charge in [0.05, 0.1) is 15.7 Å². The molecular weight excluding hydrogens is 396 g/mol. The van der Waals surface area contributed by atoms with Gasteiger partial charge in [0.2, 0.25) is 6.79 Å². The molecule has 6 rings (SSSR count). The van der Waals surface area contributed by atoms with E-state index in [0.717, 1.165) is 54.6 Å². The smallest absolute Gasteiger partial charge is 0.231 e. The molecule has 0 radical (unpaired) electrons. The Bertz CT molecular complexity index is 1420. The summed E-state index contributed by atoms with van der Waals surface area (Å²) in [6.45, 7) is 0.260. The van der Waals surface area contributed by atoms with E-state index in [1.54, 1.807) is 17.7 Å². The molecule has 6 nitrogen and oxygen atoms in total. The van der Waals surface area contributed by atoms with E-state index in [0.29, 0.717) is 0 Å². The summed E-state index contributed by atoms with van der Waals surface area (Å²) >= 11 is 1.69. The quantitative estimate of drug-likeness (QED) is 0.395. The van der Waals surface area contributed by atoms with Gasteiger partial charge < -0.3 is 14.4 Å². The summed E-state index contributed by atoms with van der Waals surface area (Å²) < 4.78 is 12.0. The standard InChI is InChI=1S/C23H16N4O2S/c1-27(16-5-7-19-20(10-16)29-13-28-19)23-22-18(25-12-26-23)11-21(30-22)15-4-6-17-14(9-15)3-2-8-24-17/h2-12H,13H2,1H3. The molecule has 0 bridgehead atoms. The lowest BCUT2D eigenvalue weighted by Gasteiger charge is -2.19. The van der Waals surface area contributed by atoms with E-state index in [1.807, 2.05) is 37.5 Å². The van der Waals surface area contributed by atoms with Crippen LogP contribution in [-0.4, -0.2) is 28.8 Å². The summed E-state index contributed by atoms with van der Waals surface area (Å²) in [6, 6.07) is 18.4. The first-order valence-electron chi connectivity index (χ1n) is 9.49. The number of hydrogen-bond acceptors (Lipinski definition) is 7. The van der Waals surface area contributed by atoms with E-state index in [2.05, 4.69) is 50.2 Å². The summed E-state index contributed by atoms with van der Waals surface area (Å²) in [5, 5.41) is 1.12. The zero-order chi connectivity index (χ0) is 20.1. The normalized spacial score (nSPS) is 12.6. The second-order valence-electron chi connectivity index (χ2n) is 7.03. The monoisotopic (exact) mass is 412 g/mol. The van der Waals surface area contributed by atoms with Gasteiger partial charge in [0, 0.05) is 35.3 Å². The fourth-order valence-corrected chi connectivity index (χ4v) is 4.80. The molecule has 0 unspecified atom stereocenters. The Morgan fingerprint density at radius 1 is 0.900 bits per heavy atom. The number of anilines is 2. The largest absolute Gasteiger partial charge is 0.454 e. The minimum Gasteiger partial charge on any atom is -0.454 e. The Morgan fingerprint density at radius 2 is 1.83 bits per heavy atom. The number of nitrogens with zero attached hydrogens (tertiary/aromatic N) is 4. The molecule has 1 aliphatic rings. The molecule has 0 spiro atoms. The van der Waals surface area contributed by atoms with Crippen molar-refractivity contribution in [3.8, 4) is 21.9 Å². The maximum atomic E-state index is 5.53. The molecule has 0 atom stereocenters. The van der Waals surface area contributed by atoms with Gasteiger partial charge in [-0.15, -0.1) is 11.3 Å². The van der Waals surface area contributed by atoms with Crippen LogP contribution in [0.25, 0.3) is 31.6 Å². The van der Waals surface area contributed by atoms with E-state index in [-0.39, 0.29) is 6.79 Å². The number of rotatable bonds is 3. The number of benzene rings is 2. The second kappa shape index (κ2) is 6.67. The third-order valence-corrected chi connectivity index (χ3v) is 6.41. The molecular formula is C23H16N4O2S. The average molecular weight is 412 g/mol. The fraction of sp³-hybridized carbons (Fsp3) is 0.0870. The van der Waals surface area contributed by atoms with Crippen LogP contribution in [0.3, 0.4) is 0 Å². The van der Waals surface area contributed by atoms with Crippen LogP contribution in [0.5, 0.6) is 11.5 Å². The first-order chi connectivity index (χ1) is 14.8. The molecule has 3 aromatic heterocycles. The average Bonchev–Trinajstić information content (AvgIpc) is 3.44. The molecule has 0 N–H and O–H groups in total. The predicted molar refractivity (Wildman–Crippen MR) is 119 cm³/mol. The minimum absolute atomic E-state index is 0.260. The van der Waals surface area contributed by atoms with Gasteiger partial charge in [-0.25, -0.2) is 9.97 Å². The van der Waals surface area contributed by atoms with Crippen molar-refractivity contribution in [2.45, 2.75) is 0 Å². The zero-order valence-corrected chi connectivity index (χ0v) is 16.9. The Balaban J connectivity index is 1.44. The molecule has 1 aliphatic heterocycles. The first kappa shape index (κ1) is 17.2. The Kier molecular flexibility index (Phi) is 3.82. The molecule has 0 saturated heterocycles. The van der Waals surface area contributed by atoms with Gasteiger partial charge in [-0.1, -0.05) is 12.1 Å². The van der Waals surface area contributed by atoms with Crippen molar-refractivity contribution >= 4 is 44.0 Å². The molecule has 5 aromatic rings. The van der Waals surface area contributed by atoms with Crippen LogP contribution in [0.2, 0.25) is 0 Å². The summed E-state index contributed by atoms with van der Waals surface area (Å²) in [5.41, 5.74) is 4.05. The highest BCUT2D eigenvalue weighted by Crippen LogP contribution is 2.41. The van der Waals surface area contributed by atoms with Gasteiger partial charge in [0.25, 0.3) is 0 Å². The van der Waals surface area contributed by atoms with E-state index < -0.39 is 0 Å². The number of thiophene rings is 1. The highest BCUT2D eigenvalue weighted by molar-refractivity contribution is 7.22. The predicted octanol–water partition coefficient (Wildman–Crippen LogP) is 5.40. The fourth-order valence-electron chi connectivity index (χ4n) is 3.67. The Labute approximate surface area is 176 Å². The SMILES string of the molecule is CN(c1ccc2c(c1)OCO2)c1ncnc2cc(-c3ccc4ncccc4c3)sc12. The van der Waals surface area contributed by atoms with Crippen molar-refractivity contribution < 1.29 is 9.47 Å². The lowest BCUT2D eigenvalue weighted by Crippen LogP contribution is -2.11. The first-order valence-corrected chi connectivity index (χ1v) is 10.3. The lowest BCUT2D eigenvalue weighted by molar-refractivity contribution is 0.174. The molecule has 30 heavy (non-hydrogen) atoms. The van der Waals surface area contributed by atoms with Crippen LogP contribution in [0.4, 0.5) is 11.5 Å². The highest BCUT2D eigenvalue weighted by Gasteiger charge is 2.18. The van der Waals surface area contributed by atoms with Gasteiger partial charge in [0.1, 0.15) is 6.33 Å². The summed E-state index contributed by atoms with van der Waals surface area (Å²) in [4.78, 5) is 16.7. The van der Waals surface area contributed by atoms with Crippen LogP contribution < -0.4 is 14.4 Å². The zero-order valence-electron chi connectivity index (χ0n) is 16.1. The number of fused-ring (bicyclic) bond motifs is 3. The van der Waals surface area contributed by atoms with Gasteiger partial charge in [0.15, 0.2) is 17.3 Å². The number of aromatic nitrogens is 3. The van der Waals surface area contributed by atoms with Crippen LogP contribution in [0.1, 0.15) is 0 Å². The molecule has 7 heteroatoms. The van der Waals surface area contributed by atoms with Crippen LogP contribution in [0.15, 0.2) is 67.1 Å². The van der Waals surface area contributed by atoms with E-state index in [9.17, 15) is 0 Å². The number of ether oxygens (including phenoxy) is 2. The highest BCUT2D eigenvalue weighted by atomic mass is 32.1. The lowest BCUT2D eigenvalue weighted by atomic mass is 10.1. The van der Waals surface area contributed by atoms with E-state index in [4.69, 9.17) is 9.47 Å². The van der Waals surface area contributed by atoms with Crippen molar-refractivity contribution in [2.24, 2.45) is 0 Å². The molecule has 0 aliphatic carbocycles. The number of hydrogen-bond donors (Lipinski definition) is 0. The van der Waals surface area contributed by atoms with Crippen molar-refractivity contribution in [1.82, 2.24) is 15.0 Å². The van der Waals surface area contributed by atoms with Crippen LogP contribution in [-0.2, 0) is 0 Å². The molecule has 0 amide bonds. The van der Waals surface area contributed by atoms with Crippen LogP contribution in [0, 0.1) is 0 Å². The maximum Gasteiger partial charge on any atom is 0.231 e. The topological polar surface area (TPSA) is 60.4 Å². The third-order valence-electron chi connectivity index (χ3n) is 5.24. The molecule has 0 fully saturated rings. The molecule has 146 valence electrons. The van der Waals surface area contributed by atoms with Gasteiger partial charge >= 0.3 is 0 Å². The van der Waals surface area contributed by atoms with Gasteiger partial charge in [-0.3, -0.25) is 4.98 Å². The summed E-state index contributed by atoms with van der Waals surface area (Å²) in [7, 11) is 2.00. The van der Waals surface area contributed by atoms with E-state index >= 15 is 0 Å². The minimum atomic E-state index is 0.260. The maximum absolute atomic E-state index is 5.53. The molecule has 4 heterocycles. The van der Waals surface area contributed by atoms with Gasteiger partial charge in [-0.2, -0.15) is 0 Å². The van der Waals surface area contributed by atoms with Crippen LogP contribution >= 0.6 is 11.3 Å². The molecule has 2 aromatic carbocycles. The second-order valence-corrected chi connectivity index (χ2v) is 8.08. The molecule has 0 saturated carbocycles. The van der Waals surface area contributed by atoms with Crippen molar-refractivity contribution in [1.29, 1.82) is 0 Å². The Morgan fingerprint density at radius 3 is 2.80 bits per heavy atom. The van der Waals surface area contributed by atoms with Gasteiger partial charge in [-0.05, 0) is 42.0 Å². The summed E-state index contributed by atoms with van der Waals surface area (Å²) in [5.74, 6) is 2.38. The number of pyridine rings is 1. The van der Waals surface area contributed by atoms with Crippen molar-refractivity contribution in [3.05, 3.63) is 67.1 Å².